The Hall–Kier alpha value is -3.01. The van der Waals surface area contributed by atoms with Crippen molar-refractivity contribution in [2.24, 2.45) is 0 Å². The summed E-state index contributed by atoms with van der Waals surface area (Å²) in [6.07, 6.45) is 76.8. The predicted molar refractivity (Wildman–Crippen MR) is 390 cm³/mol. The molecule has 5 unspecified atom stereocenters. The summed E-state index contributed by atoms with van der Waals surface area (Å²) in [7, 11) is -9.77. The molecule has 0 aromatic rings. The van der Waals surface area contributed by atoms with Crippen LogP contribution >= 0.6 is 15.6 Å². The quantitative estimate of drug-likeness (QED) is 0.0146. The fourth-order valence-corrected chi connectivity index (χ4v) is 12.1. The second-order valence-electron chi connectivity index (χ2n) is 25.8. The van der Waals surface area contributed by atoms with Crippen LogP contribution in [0.3, 0.4) is 0 Å². The van der Waals surface area contributed by atoms with Crippen molar-refractivity contribution in [1.29, 1.82) is 0 Å². The number of ether oxygens (including phenoxy) is 3. The fraction of sp³-hybridized carbons (Fsp3) is 0.805. The Bertz CT molecular complexity index is 2020. The zero-order valence-electron chi connectivity index (χ0n) is 60.3. The number of esters is 3. The summed E-state index contributed by atoms with van der Waals surface area (Å²) in [5.74, 6) is -1.57. The largest absolute Gasteiger partial charge is 0.472 e. The van der Waals surface area contributed by atoms with Crippen molar-refractivity contribution in [2.75, 3.05) is 39.6 Å². The number of aliphatic hydroxyl groups excluding tert-OH is 2. The average Bonchev–Trinajstić information content (AvgIpc) is 1.85. The van der Waals surface area contributed by atoms with Gasteiger partial charge in [0.25, 0.3) is 0 Å². The minimum absolute atomic E-state index is 0.0926. The van der Waals surface area contributed by atoms with Crippen LogP contribution in [0, 0.1) is 0 Å². The minimum Gasteiger partial charge on any atom is -0.463 e. The molecule has 0 spiro atoms. The molecule has 0 aliphatic rings. The lowest BCUT2D eigenvalue weighted by Crippen LogP contribution is -2.30. The highest BCUT2D eigenvalue weighted by Crippen LogP contribution is 2.45. The van der Waals surface area contributed by atoms with Crippen LogP contribution in [-0.2, 0) is 55.8 Å². The normalized spacial score (nSPS) is 14.5. The van der Waals surface area contributed by atoms with Crippen LogP contribution < -0.4 is 0 Å². The zero-order valence-corrected chi connectivity index (χ0v) is 62.1. The summed E-state index contributed by atoms with van der Waals surface area (Å²) in [5, 5.41) is 20.6. The molecule has 18 heteroatoms. The molecule has 16 nitrogen and oxygen atoms in total. The van der Waals surface area contributed by atoms with E-state index in [4.69, 9.17) is 32.3 Å². The van der Waals surface area contributed by atoms with Gasteiger partial charge in [-0.15, -0.1) is 0 Å². The van der Waals surface area contributed by atoms with Gasteiger partial charge in [0.05, 0.1) is 26.4 Å². The average molecular weight is 1380 g/mol. The molecule has 0 aromatic heterocycles. The van der Waals surface area contributed by atoms with E-state index in [1.54, 1.807) is 0 Å². The first-order chi connectivity index (χ1) is 46.2. The number of phosphoric ester groups is 2. The summed E-state index contributed by atoms with van der Waals surface area (Å²) in [4.78, 5) is 58.4. The zero-order chi connectivity index (χ0) is 69.5. The van der Waals surface area contributed by atoms with Crippen LogP contribution in [0.4, 0.5) is 0 Å². The van der Waals surface area contributed by atoms with Gasteiger partial charge in [-0.05, 0) is 89.9 Å². The number of carbonyl (C=O) groups excluding carboxylic acids is 3. The van der Waals surface area contributed by atoms with Crippen LogP contribution in [0.15, 0.2) is 72.9 Å². The molecule has 0 radical (unpaired) electrons. The van der Waals surface area contributed by atoms with Gasteiger partial charge in [-0.1, -0.05) is 306 Å². The van der Waals surface area contributed by atoms with Crippen molar-refractivity contribution in [3.05, 3.63) is 72.9 Å². The van der Waals surface area contributed by atoms with E-state index in [0.29, 0.717) is 19.3 Å². The molecule has 5 atom stereocenters. The molecule has 0 bridgehead atoms. The van der Waals surface area contributed by atoms with Gasteiger partial charge in [-0.2, -0.15) is 0 Å². The Morgan fingerprint density at radius 3 is 0.895 bits per heavy atom. The standard InChI is InChI=1S/C77H140O16P2/c1-4-7-10-13-16-19-22-25-27-28-29-30-31-32-33-34-35-36-37-38-39-40-41-42-44-47-48-51-54-57-60-63-75(80)87-66-72(78)67-89-94(83,84)90-68-73(79)69-91-95(85,86)92-71-74(93-77(82)65-62-59-56-53-50-45-24-21-18-15-12-9-6-3)70-88-76(81)64-61-58-55-52-49-46-43-26-23-20-17-14-11-8-5-2/h12,15-16,19,21,24-25,27,29-30,32-33,72-74,78-79H,4-11,13-14,17-18,20,22-23,26,28,31,34-71H2,1-3H3,(H,83,84)(H,85,86)/b15-12-,19-16-,24-21-,27-25-,30-29-,33-32-. The summed E-state index contributed by atoms with van der Waals surface area (Å²) in [6.45, 7) is 2.61. The topological polar surface area (TPSA) is 231 Å². The van der Waals surface area contributed by atoms with Crippen molar-refractivity contribution in [1.82, 2.24) is 0 Å². The number of phosphoric acid groups is 2. The van der Waals surface area contributed by atoms with Crippen molar-refractivity contribution in [2.45, 2.75) is 360 Å². The van der Waals surface area contributed by atoms with E-state index in [2.05, 4.69) is 93.7 Å². The van der Waals surface area contributed by atoms with Crippen LogP contribution in [0.1, 0.15) is 342 Å². The Balaban J connectivity index is 4.38. The summed E-state index contributed by atoms with van der Waals surface area (Å²) >= 11 is 0. The monoisotopic (exact) mass is 1380 g/mol. The number of hydrogen-bond acceptors (Lipinski definition) is 14. The predicted octanol–water partition coefficient (Wildman–Crippen LogP) is 21.9. The van der Waals surface area contributed by atoms with Crippen LogP contribution in [-0.4, -0.2) is 95.9 Å². The van der Waals surface area contributed by atoms with E-state index >= 15 is 0 Å². The summed E-state index contributed by atoms with van der Waals surface area (Å²) < 4.78 is 61.0. The maximum absolute atomic E-state index is 12.9. The van der Waals surface area contributed by atoms with Gasteiger partial charge < -0.3 is 34.2 Å². The van der Waals surface area contributed by atoms with Crippen LogP contribution in [0.25, 0.3) is 0 Å². The summed E-state index contributed by atoms with van der Waals surface area (Å²) in [6, 6.07) is 0. The first kappa shape index (κ1) is 92.0. The van der Waals surface area contributed by atoms with E-state index < -0.39 is 91.5 Å². The molecular formula is C77H140O16P2. The third-order valence-corrected chi connectivity index (χ3v) is 18.3. The summed E-state index contributed by atoms with van der Waals surface area (Å²) in [5.41, 5.74) is 0. The van der Waals surface area contributed by atoms with Crippen molar-refractivity contribution >= 4 is 33.6 Å². The van der Waals surface area contributed by atoms with E-state index in [1.807, 2.05) is 0 Å². The third kappa shape index (κ3) is 72.1. The molecule has 0 aliphatic carbocycles. The van der Waals surface area contributed by atoms with Crippen molar-refractivity contribution < 1.29 is 75.8 Å². The molecule has 0 aromatic carbocycles. The third-order valence-electron chi connectivity index (χ3n) is 16.4. The lowest BCUT2D eigenvalue weighted by Gasteiger charge is -2.21. The number of carbonyl (C=O) groups is 3. The Morgan fingerprint density at radius 1 is 0.295 bits per heavy atom. The van der Waals surface area contributed by atoms with Gasteiger partial charge in [0.15, 0.2) is 6.10 Å². The molecule has 0 heterocycles. The van der Waals surface area contributed by atoms with E-state index in [0.717, 1.165) is 109 Å². The smallest absolute Gasteiger partial charge is 0.463 e. The SMILES string of the molecule is CCC/C=C\C/C=C\CCCCCCCC(=O)OC(COC(=O)CCCCCCCCCCCCCCCCC)COP(=O)(O)OCC(O)COP(=O)(O)OCC(O)COC(=O)CCCCCCCCCCCCCCCCC/C=C\C/C=C\C/C=C\C/C=C\CCCCC. The van der Waals surface area contributed by atoms with Gasteiger partial charge in [0.2, 0.25) is 0 Å². The van der Waals surface area contributed by atoms with Gasteiger partial charge in [0, 0.05) is 19.3 Å². The van der Waals surface area contributed by atoms with Crippen LogP contribution in [0.2, 0.25) is 0 Å². The van der Waals surface area contributed by atoms with E-state index in [9.17, 15) is 43.5 Å². The molecule has 0 rings (SSSR count). The highest BCUT2D eigenvalue weighted by atomic mass is 31.2. The molecule has 4 N–H and O–H groups in total. The maximum Gasteiger partial charge on any atom is 0.472 e. The molecule has 0 saturated carbocycles. The molecule has 0 aliphatic heterocycles. The second kappa shape index (κ2) is 70.8. The Morgan fingerprint density at radius 2 is 0.547 bits per heavy atom. The maximum atomic E-state index is 12.9. The molecule has 95 heavy (non-hydrogen) atoms. The Labute approximate surface area is 579 Å². The number of unbranched alkanes of at least 4 members (excludes halogenated alkanes) is 38. The number of aliphatic hydroxyl groups is 2. The number of rotatable bonds is 73. The fourth-order valence-electron chi connectivity index (χ4n) is 10.5. The van der Waals surface area contributed by atoms with Gasteiger partial charge in [-0.3, -0.25) is 32.5 Å². The number of hydrogen-bond donors (Lipinski definition) is 4. The van der Waals surface area contributed by atoms with Gasteiger partial charge in [-0.25, -0.2) is 9.13 Å². The molecule has 554 valence electrons. The second-order valence-corrected chi connectivity index (χ2v) is 28.7. The molecular weight excluding hydrogens is 1240 g/mol. The molecule has 0 saturated heterocycles. The van der Waals surface area contributed by atoms with E-state index in [-0.39, 0.29) is 19.3 Å². The van der Waals surface area contributed by atoms with Crippen molar-refractivity contribution in [3.63, 3.8) is 0 Å². The van der Waals surface area contributed by atoms with Gasteiger partial charge >= 0.3 is 33.6 Å². The highest BCUT2D eigenvalue weighted by molar-refractivity contribution is 7.47. The van der Waals surface area contributed by atoms with Crippen LogP contribution in [0.5, 0.6) is 0 Å². The lowest BCUT2D eigenvalue weighted by molar-refractivity contribution is -0.161. The molecule has 0 amide bonds. The molecule has 0 fully saturated rings. The minimum atomic E-state index is -4.92. The first-order valence-electron chi connectivity index (χ1n) is 38.2. The lowest BCUT2D eigenvalue weighted by atomic mass is 10.0. The Kier molecular flexibility index (Phi) is 68.6. The van der Waals surface area contributed by atoms with Crippen molar-refractivity contribution in [3.8, 4) is 0 Å². The highest BCUT2D eigenvalue weighted by Gasteiger charge is 2.29. The first-order valence-corrected chi connectivity index (χ1v) is 41.2. The van der Waals surface area contributed by atoms with Gasteiger partial charge in [0.1, 0.15) is 25.4 Å². The number of allylic oxidation sites excluding steroid dienone is 12. The van der Waals surface area contributed by atoms with E-state index in [1.165, 1.54) is 173 Å².